The Hall–Kier alpha value is -2.03. The number of aryl methyl sites for hydroxylation is 1. The molecule has 0 aliphatic heterocycles. The van der Waals surface area contributed by atoms with Gasteiger partial charge in [-0.3, -0.25) is 0 Å². The molecule has 1 heterocycles. The Morgan fingerprint density at radius 2 is 2.12 bits per heavy atom. The fraction of sp³-hybridized carbons (Fsp3) is 0.154. The summed E-state index contributed by atoms with van der Waals surface area (Å²) in [5.74, 6) is 1.49. The highest BCUT2D eigenvalue weighted by Crippen LogP contribution is 2.30. The Bertz CT molecular complexity index is 487. The van der Waals surface area contributed by atoms with Crippen molar-refractivity contribution in [1.82, 2.24) is 0 Å². The van der Waals surface area contributed by atoms with Crippen LogP contribution in [0.1, 0.15) is 11.3 Å². The topological polar surface area (TPSA) is 34.7 Å². The van der Waals surface area contributed by atoms with Crippen LogP contribution in [0.4, 0.5) is 5.69 Å². The van der Waals surface area contributed by atoms with Crippen LogP contribution in [0.25, 0.3) is 0 Å². The van der Waals surface area contributed by atoms with Gasteiger partial charge < -0.3 is 9.15 Å². The van der Waals surface area contributed by atoms with Gasteiger partial charge in [-0.05, 0) is 30.7 Å². The second kappa shape index (κ2) is 4.66. The van der Waals surface area contributed by atoms with Gasteiger partial charge in [0.25, 0.3) is 0 Å². The molecule has 0 saturated carbocycles. The third-order valence-corrected chi connectivity index (χ3v) is 2.28. The van der Waals surface area contributed by atoms with Crippen LogP contribution < -0.4 is 4.74 Å². The molecule has 0 fully saturated rings. The lowest BCUT2D eigenvalue weighted by Gasteiger charge is -2.06. The summed E-state index contributed by atoms with van der Waals surface area (Å²) in [6.45, 7) is 2.00. The second-order valence-electron chi connectivity index (χ2n) is 3.40. The molecule has 0 amide bonds. The molecule has 0 atom stereocenters. The van der Waals surface area contributed by atoms with E-state index < -0.39 is 0 Å². The van der Waals surface area contributed by atoms with Crippen molar-refractivity contribution < 1.29 is 9.15 Å². The molecule has 0 radical (unpaired) electrons. The van der Waals surface area contributed by atoms with Crippen molar-refractivity contribution in [3.8, 4) is 5.75 Å². The lowest BCUT2D eigenvalue weighted by Crippen LogP contribution is -1.86. The molecule has 2 aromatic rings. The van der Waals surface area contributed by atoms with Gasteiger partial charge in [-0.15, -0.1) is 0 Å². The Morgan fingerprint density at radius 3 is 2.81 bits per heavy atom. The van der Waals surface area contributed by atoms with Gasteiger partial charge in [0.1, 0.15) is 17.2 Å². The molecular formula is C13H13NO2. The Kier molecular flexibility index (Phi) is 3.05. The molecular weight excluding hydrogens is 202 g/mol. The van der Waals surface area contributed by atoms with Crippen LogP contribution in [0.2, 0.25) is 0 Å². The fourth-order valence-corrected chi connectivity index (χ4v) is 1.46. The summed E-state index contributed by atoms with van der Waals surface area (Å²) in [6.07, 6.45) is 3.31. The van der Waals surface area contributed by atoms with E-state index in [-0.39, 0.29) is 0 Å². The third-order valence-electron chi connectivity index (χ3n) is 2.28. The number of para-hydroxylation sites is 1. The van der Waals surface area contributed by atoms with Crippen molar-refractivity contribution in [3.63, 3.8) is 0 Å². The molecule has 3 heteroatoms. The smallest absolute Gasteiger partial charge is 0.144 e. The molecule has 0 aliphatic carbocycles. The minimum atomic E-state index is 0.727. The maximum atomic E-state index is 5.25. The Balaban J connectivity index is 2.33. The number of aliphatic imine (C=N–C) groups is 1. The van der Waals surface area contributed by atoms with E-state index in [0.717, 1.165) is 22.8 Å². The zero-order valence-corrected chi connectivity index (χ0v) is 9.31. The van der Waals surface area contributed by atoms with E-state index >= 15 is 0 Å². The lowest BCUT2D eigenvalue weighted by atomic mass is 10.2. The van der Waals surface area contributed by atoms with Crippen LogP contribution in [0.3, 0.4) is 0 Å². The van der Waals surface area contributed by atoms with E-state index in [1.165, 1.54) is 0 Å². The number of methoxy groups -OCH3 is 1. The number of furan rings is 1. The van der Waals surface area contributed by atoms with Crippen LogP contribution >= 0.6 is 0 Å². The van der Waals surface area contributed by atoms with Gasteiger partial charge in [-0.2, -0.15) is 0 Å². The molecule has 16 heavy (non-hydrogen) atoms. The molecule has 2 rings (SSSR count). The van der Waals surface area contributed by atoms with Crippen LogP contribution in [0.15, 0.2) is 46.0 Å². The molecule has 1 aromatic heterocycles. The number of rotatable bonds is 3. The van der Waals surface area contributed by atoms with E-state index in [1.807, 2.05) is 37.3 Å². The summed E-state index contributed by atoms with van der Waals surface area (Å²) in [6, 6.07) is 9.52. The first-order valence-corrected chi connectivity index (χ1v) is 5.02. The SMILES string of the molecule is COc1cccc(C)c1/N=C/c1ccco1. The zero-order valence-electron chi connectivity index (χ0n) is 9.31. The highest BCUT2D eigenvalue weighted by molar-refractivity contribution is 5.80. The highest BCUT2D eigenvalue weighted by atomic mass is 16.5. The molecule has 0 spiro atoms. The van der Waals surface area contributed by atoms with Crippen molar-refractivity contribution in [2.24, 2.45) is 4.99 Å². The number of benzene rings is 1. The predicted octanol–water partition coefficient (Wildman–Crippen LogP) is 3.35. The minimum absolute atomic E-state index is 0.727. The highest BCUT2D eigenvalue weighted by Gasteiger charge is 2.03. The zero-order chi connectivity index (χ0) is 11.4. The van der Waals surface area contributed by atoms with E-state index in [2.05, 4.69) is 4.99 Å². The van der Waals surface area contributed by atoms with Gasteiger partial charge in [-0.1, -0.05) is 12.1 Å². The summed E-state index contributed by atoms with van der Waals surface area (Å²) in [5, 5.41) is 0. The summed E-state index contributed by atoms with van der Waals surface area (Å²) in [5.41, 5.74) is 1.91. The van der Waals surface area contributed by atoms with Crippen molar-refractivity contribution in [2.45, 2.75) is 6.92 Å². The second-order valence-corrected chi connectivity index (χ2v) is 3.40. The lowest BCUT2D eigenvalue weighted by molar-refractivity contribution is 0.416. The molecule has 3 nitrogen and oxygen atoms in total. The molecule has 0 N–H and O–H groups in total. The Labute approximate surface area is 94.4 Å². The number of hydrogen-bond donors (Lipinski definition) is 0. The molecule has 0 bridgehead atoms. The summed E-state index contributed by atoms with van der Waals surface area (Å²) < 4.78 is 10.4. The number of hydrogen-bond acceptors (Lipinski definition) is 3. The first kappa shape index (κ1) is 10.5. The quantitative estimate of drug-likeness (QED) is 0.736. The average Bonchev–Trinajstić information content (AvgIpc) is 2.80. The van der Waals surface area contributed by atoms with E-state index in [4.69, 9.17) is 9.15 Å². The molecule has 0 aliphatic rings. The Morgan fingerprint density at radius 1 is 1.25 bits per heavy atom. The van der Waals surface area contributed by atoms with Gasteiger partial charge in [0.2, 0.25) is 0 Å². The van der Waals surface area contributed by atoms with E-state index in [0.29, 0.717) is 0 Å². The predicted molar refractivity (Wildman–Crippen MR) is 63.7 cm³/mol. The number of nitrogens with zero attached hydrogens (tertiary/aromatic N) is 1. The van der Waals surface area contributed by atoms with Crippen LogP contribution in [-0.2, 0) is 0 Å². The van der Waals surface area contributed by atoms with Crippen molar-refractivity contribution in [3.05, 3.63) is 47.9 Å². The van der Waals surface area contributed by atoms with E-state index in [1.54, 1.807) is 19.6 Å². The van der Waals surface area contributed by atoms with Crippen LogP contribution in [0, 0.1) is 6.92 Å². The van der Waals surface area contributed by atoms with Gasteiger partial charge >= 0.3 is 0 Å². The number of ether oxygens (including phenoxy) is 1. The largest absolute Gasteiger partial charge is 0.494 e. The molecule has 82 valence electrons. The average molecular weight is 215 g/mol. The summed E-state index contributed by atoms with van der Waals surface area (Å²) in [4.78, 5) is 4.38. The van der Waals surface area contributed by atoms with E-state index in [9.17, 15) is 0 Å². The standard InChI is InChI=1S/C13H13NO2/c1-10-5-3-7-12(15-2)13(10)14-9-11-6-4-8-16-11/h3-9H,1-2H3/b14-9+. The summed E-state index contributed by atoms with van der Waals surface area (Å²) in [7, 11) is 1.64. The first-order chi connectivity index (χ1) is 7.81. The maximum absolute atomic E-state index is 5.25. The monoisotopic (exact) mass is 215 g/mol. The minimum Gasteiger partial charge on any atom is -0.494 e. The third kappa shape index (κ3) is 2.14. The first-order valence-electron chi connectivity index (χ1n) is 5.02. The van der Waals surface area contributed by atoms with Crippen molar-refractivity contribution in [1.29, 1.82) is 0 Å². The molecule has 0 unspecified atom stereocenters. The van der Waals surface area contributed by atoms with Gasteiger partial charge in [0.15, 0.2) is 0 Å². The molecule has 0 saturated heterocycles. The van der Waals surface area contributed by atoms with Crippen molar-refractivity contribution >= 4 is 11.9 Å². The van der Waals surface area contributed by atoms with Gasteiger partial charge in [0.05, 0.1) is 19.6 Å². The summed E-state index contributed by atoms with van der Waals surface area (Å²) >= 11 is 0. The molecule has 1 aromatic carbocycles. The van der Waals surface area contributed by atoms with Crippen LogP contribution in [-0.4, -0.2) is 13.3 Å². The van der Waals surface area contributed by atoms with Crippen LogP contribution in [0.5, 0.6) is 5.75 Å². The van der Waals surface area contributed by atoms with Gasteiger partial charge in [0, 0.05) is 0 Å². The maximum Gasteiger partial charge on any atom is 0.144 e. The fourth-order valence-electron chi connectivity index (χ4n) is 1.46. The normalized spacial score (nSPS) is 10.9. The van der Waals surface area contributed by atoms with Crippen molar-refractivity contribution in [2.75, 3.05) is 7.11 Å². The van der Waals surface area contributed by atoms with Gasteiger partial charge in [-0.25, -0.2) is 4.99 Å².